The van der Waals surface area contributed by atoms with Crippen LogP contribution in [0.25, 0.3) is 0 Å². The van der Waals surface area contributed by atoms with Crippen LogP contribution in [0.15, 0.2) is 12.1 Å². The number of amides is 1. The zero-order valence-electron chi connectivity index (χ0n) is 10.9. The molecule has 2 aliphatic rings. The Balaban J connectivity index is 1.80. The van der Waals surface area contributed by atoms with Crippen molar-refractivity contribution in [3.05, 3.63) is 22.7 Å². The molecule has 0 bridgehead atoms. The molecule has 1 saturated heterocycles. The first-order valence-electron chi connectivity index (χ1n) is 6.47. The highest BCUT2D eigenvalue weighted by atomic mass is 35.5. The van der Waals surface area contributed by atoms with Gasteiger partial charge in [0.15, 0.2) is 11.5 Å². The van der Waals surface area contributed by atoms with E-state index in [0.717, 1.165) is 18.7 Å². The summed E-state index contributed by atoms with van der Waals surface area (Å²) in [5, 5.41) is 3.70. The van der Waals surface area contributed by atoms with Crippen molar-refractivity contribution in [3.8, 4) is 11.5 Å². The number of primary amides is 1. The molecule has 6 nitrogen and oxygen atoms in total. The Kier molecular flexibility index (Phi) is 3.69. The van der Waals surface area contributed by atoms with E-state index in [1.54, 1.807) is 0 Å². The SMILES string of the molecule is NC(=O)C1CNCCN1Cc1cc(Cl)c2c(c1)OCO2. The van der Waals surface area contributed by atoms with Gasteiger partial charge >= 0.3 is 0 Å². The molecule has 1 unspecified atom stereocenters. The monoisotopic (exact) mass is 297 g/mol. The van der Waals surface area contributed by atoms with Crippen LogP contribution in [0.5, 0.6) is 11.5 Å². The number of hydrogen-bond acceptors (Lipinski definition) is 5. The molecule has 20 heavy (non-hydrogen) atoms. The quantitative estimate of drug-likeness (QED) is 0.841. The maximum absolute atomic E-state index is 11.5. The van der Waals surface area contributed by atoms with Crippen LogP contribution in [0.4, 0.5) is 0 Å². The highest BCUT2D eigenvalue weighted by Gasteiger charge is 2.27. The molecule has 1 amide bonds. The van der Waals surface area contributed by atoms with E-state index in [9.17, 15) is 4.79 Å². The number of ether oxygens (including phenoxy) is 2. The topological polar surface area (TPSA) is 76.8 Å². The van der Waals surface area contributed by atoms with Crippen molar-refractivity contribution in [3.63, 3.8) is 0 Å². The second kappa shape index (κ2) is 5.47. The summed E-state index contributed by atoms with van der Waals surface area (Å²) < 4.78 is 10.6. The molecule has 0 aromatic heterocycles. The fourth-order valence-corrected chi connectivity index (χ4v) is 2.85. The summed E-state index contributed by atoms with van der Waals surface area (Å²) in [6.45, 7) is 2.97. The van der Waals surface area contributed by atoms with Gasteiger partial charge in [-0.15, -0.1) is 0 Å². The summed E-state index contributed by atoms with van der Waals surface area (Å²) >= 11 is 6.16. The van der Waals surface area contributed by atoms with Crippen LogP contribution in [0, 0.1) is 0 Å². The number of carbonyl (C=O) groups excluding carboxylic acids is 1. The largest absolute Gasteiger partial charge is 0.454 e. The summed E-state index contributed by atoms with van der Waals surface area (Å²) in [6.07, 6.45) is 0. The standard InChI is InChI=1S/C13H16ClN3O3/c14-9-3-8(4-11-12(9)20-7-19-11)6-17-2-1-16-5-10(17)13(15)18/h3-4,10,16H,1-2,5-7H2,(H2,15,18). The van der Waals surface area contributed by atoms with Gasteiger partial charge in [-0.3, -0.25) is 9.69 Å². The Labute approximate surface area is 121 Å². The number of nitrogens with zero attached hydrogens (tertiary/aromatic N) is 1. The number of carbonyl (C=O) groups is 1. The lowest BCUT2D eigenvalue weighted by Crippen LogP contribution is -2.56. The number of fused-ring (bicyclic) bond motifs is 1. The first-order valence-corrected chi connectivity index (χ1v) is 6.85. The summed E-state index contributed by atoms with van der Waals surface area (Å²) in [5.74, 6) is 0.921. The molecule has 108 valence electrons. The predicted molar refractivity (Wildman–Crippen MR) is 73.8 cm³/mol. The van der Waals surface area contributed by atoms with Crippen molar-refractivity contribution in [2.24, 2.45) is 5.73 Å². The zero-order valence-corrected chi connectivity index (χ0v) is 11.7. The number of piperazine rings is 1. The molecule has 0 saturated carbocycles. The first-order chi connectivity index (χ1) is 9.65. The average Bonchev–Trinajstić information content (AvgIpc) is 2.88. The number of halogens is 1. The van der Waals surface area contributed by atoms with Gasteiger partial charge in [-0.05, 0) is 17.7 Å². The van der Waals surface area contributed by atoms with Crippen molar-refractivity contribution in [1.82, 2.24) is 10.2 Å². The number of rotatable bonds is 3. The van der Waals surface area contributed by atoms with Crippen LogP contribution in [0.2, 0.25) is 5.02 Å². The smallest absolute Gasteiger partial charge is 0.236 e. The minimum atomic E-state index is -0.316. The molecular weight excluding hydrogens is 282 g/mol. The van der Waals surface area contributed by atoms with Crippen molar-refractivity contribution in [1.29, 1.82) is 0 Å². The molecule has 2 aliphatic heterocycles. The highest BCUT2D eigenvalue weighted by Crippen LogP contribution is 2.40. The molecule has 1 atom stereocenters. The molecule has 1 aromatic rings. The number of nitrogens with two attached hydrogens (primary N) is 1. The fraction of sp³-hybridized carbons (Fsp3) is 0.462. The molecule has 1 aromatic carbocycles. The van der Waals surface area contributed by atoms with Crippen LogP contribution in [0.1, 0.15) is 5.56 Å². The van der Waals surface area contributed by atoms with Gasteiger partial charge in [0, 0.05) is 26.2 Å². The molecule has 7 heteroatoms. The van der Waals surface area contributed by atoms with Crippen molar-refractivity contribution < 1.29 is 14.3 Å². The summed E-state index contributed by atoms with van der Waals surface area (Å²) in [5.41, 5.74) is 6.42. The maximum atomic E-state index is 11.5. The average molecular weight is 298 g/mol. The van der Waals surface area contributed by atoms with Gasteiger partial charge in [-0.1, -0.05) is 11.6 Å². The van der Waals surface area contributed by atoms with E-state index >= 15 is 0 Å². The summed E-state index contributed by atoms with van der Waals surface area (Å²) in [6, 6.07) is 3.44. The van der Waals surface area contributed by atoms with Crippen LogP contribution in [-0.4, -0.2) is 43.3 Å². The Morgan fingerprint density at radius 3 is 3.15 bits per heavy atom. The normalized spacial score (nSPS) is 21.9. The van der Waals surface area contributed by atoms with E-state index in [1.807, 2.05) is 17.0 Å². The lowest BCUT2D eigenvalue weighted by Gasteiger charge is -2.34. The Morgan fingerprint density at radius 2 is 2.35 bits per heavy atom. The van der Waals surface area contributed by atoms with Gasteiger partial charge in [0.1, 0.15) is 6.04 Å². The molecule has 0 spiro atoms. The highest BCUT2D eigenvalue weighted by molar-refractivity contribution is 6.32. The van der Waals surface area contributed by atoms with Gasteiger partial charge in [0.05, 0.1) is 5.02 Å². The van der Waals surface area contributed by atoms with E-state index in [-0.39, 0.29) is 18.7 Å². The Hall–Kier alpha value is -1.50. The third kappa shape index (κ3) is 2.54. The number of benzene rings is 1. The Morgan fingerprint density at radius 1 is 1.50 bits per heavy atom. The molecule has 0 radical (unpaired) electrons. The van der Waals surface area contributed by atoms with E-state index in [1.165, 1.54) is 0 Å². The summed E-state index contributed by atoms with van der Waals surface area (Å²) in [7, 11) is 0. The van der Waals surface area contributed by atoms with Gasteiger partial charge in [0.25, 0.3) is 0 Å². The lowest BCUT2D eigenvalue weighted by atomic mass is 10.1. The van der Waals surface area contributed by atoms with Crippen molar-refractivity contribution >= 4 is 17.5 Å². The molecular formula is C13H16ClN3O3. The number of nitrogens with one attached hydrogen (secondary N) is 1. The van der Waals surface area contributed by atoms with Crippen molar-refractivity contribution in [2.45, 2.75) is 12.6 Å². The van der Waals surface area contributed by atoms with Gasteiger partial charge in [-0.25, -0.2) is 0 Å². The number of hydrogen-bond donors (Lipinski definition) is 2. The molecule has 1 fully saturated rings. The molecule has 3 N–H and O–H groups in total. The van der Waals surface area contributed by atoms with Crippen LogP contribution in [-0.2, 0) is 11.3 Å². The van der Waals surface area contributed by atoms with E-state index in [2.05, 4.69) is 5.32 Å². The third-order valence-electron chi connectivity index (χ3n) is 3.56. The second-order valence-corrected chi connectivity index (χ2v) is 5.31. The summed E-state index contributed by atoms with van der Waals surface area (Å²) in [4.78, 5) is 13.5. The fourth-order valence-electron chi connectivity index (χ4n) is 2.56. The first kappa shape index (κ1) is 13.5. The van der Waals surface area contributed by atoms with Gasteiger partial charge in [0.2, 0.25) is 12.7 Å². The van der Waals surface area contributed by atoms with Crippen LogP contribution in [0.3, 0.4) is 0 Å². The van der Waals surface area contributed by atoms with E-state index < -0.39 is 0 Å². The lowest BCUT2D eigenvalue weighted by molar-refractivity contribution is -0.124. The zero-order chi connectivity index (χ0) is 14.1. The second-order valence-electron chi connectivity index (χ2n) is 4.90. The maximum Gasteiger partial charge on any atom is 0.236 e. The van der Waals surface area contributed by atoms with Gasteiger partial charge < -0.3 is 20.5 Å². The molecule has 3 rings (SSSR count). The molecule has 0 aliphatic carbocycles. The molecule has 2 heterocycles. The van der Waals surface area contributed by atoms with Crippen LogP contribution < -0.4 is 20.5 Å². The minimum Gasteiger partial charge on any atom is -0.454 e. The third-order valence-corrected chi connectivity index (χ3v) is 3.84. The van der Waals surface area contributed by atoms with E-state index in [4.69, 9.17) is 26.8 Å². The minimum absolute atomic E-state index is 0.191. The predicted octanol–water partition coefficient (Wildman–Crippen LogP) is 0.328. The van der Waals surface area contributed by atoms with Crippen molar-refractivity contribution in [2.75, 3.05) is 26.4 Å². The Bertz CT molecular complexity index is 538. The van der Waals surface area contributed by atoms with E-state index in [0.29, 0.717) is 29.6 Å². The van der Waals surface area contributed by atoms with Gasteiger partial charge in [-0.2, -0.15) is 0 Å². The van der Waals surface area contributed by atoms with Crippen LogP contribution >= 0.6 is 11.6 Å².